The maximum Gasteiger partial charge on any atom is 0.335 e. The summed E-state index contributed by atoms with van der Waals surface area (Å²) in [6.07, 6.45) is 1.58. The molecule has 0 aliphatic carbocycles. The predicted octanol–water partition coefficient (Wildman–Crippen LogP) is 3.49. The van der Waals surface area contributed by atoms with Gasteiger partial charge in [0, 0.05) is 0 Å². The van der Waals surface area contributed by atoms with E-state index in [1.807, 2.05) is 13.0 Å². The minimum absolute atomic E-state index is 0.0721. The Labute approximate surface area is 132 Å². The van der Waals surface area contributed by atoms with Crippen molar-refractivity contribution in [3.63, 3.8) is 0 Å². The van der Waals surface area contributed by atoms with Crippen molar-refractivity contribution in [2.75, 3.05) is 12.4 Å². The molecule has 22 heavy (non-hydrogen) atoms. The summed E-state index contributed by atoms with van der Waals surface area (Å²) in [5, 5.41) is 9.04. The van der Waals surface area contributed by atoms with Crippen LogP contribution in [0.3, 0.4) is 0 Å². The first-order valence-electron chi connectivity index (χ1n) is 6.75. The molecule has 0 saturated carbocycles. The molecule has 0 bridgehead atoms. The zero-order chi connectivity index (χ0) is 15.9. The molecule has 0 saturated heterocycles. The Kier molecular flexibility index (Phi) is 5.66. The molecule has 116 valence electrons. The number of hydrogen-bond donors (Lipinski definition) is 1. The van der Waals surface area contributed by atoms with Gasteiger partial charge in [-0.2, -0.15) is 0 Å². The third-order valence-electron chi connectivity index (χ3n) is 2.88. The summed E-state index contributed by atoms with van der Waals surface area (Å²) >= 11 is 1.41. The molecule has 0 fully saturated rings. The molecule has 0 atom stereocenters. The van der Waals surface area contributed by atoms with Crippen LogP contribution >= 0.6 is 11.8 Å². The van der Waals surface area contributed by atoms with Gasteiger partial charge in [-0.1, -0.05) is 0 Å². The minimum atomic E-state index is -1.07. The molecule has 0 amide bonds. The number of carboxylic acid groups (broad SMARTS) is 1. The minimum Gasteiger partial charge on any atom is -0.493 e. The van der Waals surface area contributed by atoms with Gasteiger partial charge >= 0.3 is 5.97 Å². The standard InChI is InChI=1S/C16H16O5S/c1-2-20-15-6-5-11(16(18)19)8-13(15)14(17)10-22-9-12-4-3-7-21-12/h3-8H,2,9-10H2,1H3,(H,18,19). The van der Waals surface area contributed by atoms with Crippen LogP contribution in [0.4, 0.5) is 0 Å². The van der Waals surface area contributed by atoms with E-state index in [0.717, 1.165) is 5.76 Å². The third-order valence-corrected chi connectivity index (χ3v) is 3.84. The molecule has 1 aromatic heterocycles. The van der Waals surface area contributed by atoms with Gasteiger partial charge in [0.05, 0.1) is 35.5 Å². The summed E-state index contributed by atoms with van der Waals surface area (Å²) in [6, 6.07) is 7.95. The highest BCUT2D eigenvalue weighted by molar-refractivity contribution is 7.99. The summed E-state index contributed by atoms with van der Waals surface area (Å²) in [6.45, 7) is 2.22. The van der Waals surface area contributed by atoms with Gasteiger partial charge in [-0.05, 0) is 37.3 Å². The fourth-order valence-corrected chi connectivity index (χ4v) is 2.69. The van der Waals surface area contributed by atoms with Gasteiger partial charge in [0.1, 0.15) is 11.5 Å². The van der Waals surface area contributed by atoms with Gasteiger partial charge in [-0.15, -0.1) is 11.8 Å². The summed E-state index contributed by atoms with van der Waals surface area (Å²) in [4.78, 5) is 23.4. The molecule has 1 heterocycles. The molecule has 0 spiro atoms. The zero-order valence-corrected chi connectivity index (χ0v) is 12.9. The molecule has 1 N–H and O–H groups in total. The van der Waals surface area contributed by atoms with Gasteiger partial charge in [-0.3, -0.25) is 4.79 Å². The van der Waals surface area contributed by atoms with Crippen molar-refractivity contribution in [3.8, 4) is 5.75 Å². The van der Waals surface area contributed by atoms with Crippen molar-refractivity contribution in [2.24, 2.45) is 0 Å². The van der Waals surface area contributed by atoms with Crippen molar-refractivity contribution in [2.45, 2.75) is 12.7 Å². The van der Waals surface area contributed by atoms with Crippen molar-refractivity contribution in [1.82, 2.24) is 0 Å². The predicted molar refractivity (Wildman–Crippen MR) is 83.8 cm³/mol. The lowest BCUT2D eigenvalue weighted by Crippen LogP contribution is -2.09. The molecule has 0 unspecified atom stereocenters. The lowest BCUT2D eigenvalue weighted by Gasteiger charge is -2.10. The largest absolute Gasteiger partial charge is 0.493 e. The maximum atomic E-state index is 12.3. The lowest BCUT2D eigenvalue weighted by atomic mass is 10.1. The van der Waals surface area contributed by atoms with Crippen LogP contribution in [0.1, 0.15) is 33.4 Å². The van der Waals surface area contributed by atoms with E-state index in [-0.39, 0.29) is 17.1 Å². The molecule has 5 nitrogen and oxygen atoms in total. The molecule has 0 radical (unpaired) electrons. The molecule has 2 rings (SSSR count). The number of rotatable bonds is 8. The molecular formula is C16H16O5S. The zero-order valence-electron chi connectivity index (χ0n) is 12.1. The molecule has 6 heteroatoms. The van der Waals surface area contributed by atoms with E-state index in [1.165, 1.54) is 30.0 Å². The van der Waals surface area contributed by atoms with Crippen LogP contribution in [0.2, 0.25) is 0 Å². The van der Waals surface area contributed by atoms with E-state index in [4.69, 9.17) is 14.3 Å². The van der Waals surface area contributed by atoms with Crippen molar-refractivity contribution >= 4 is 23.5 Å². The number of Topliss-reactive ketones (excluding diaryl/α,β-unsaturated/α-hetero) is 1. The number of furan rings is 1. The molecule has 2 aromatic rings. The highest BCUT2D eigenvalue weighted by Gasteiger charge is 2.16. The van der Waals surface area contributed by atoms with Crippen molar-refractivity contribution in [1.29, 1.82) is 0 Å². The lowest BCUT2D eigenvalue weighted by molar-refractivity contribution is 0.0697. The number of carbonyl (C=O) groups is 2. The van der Waals surface area contributed by atoms with Crippen LogP contribution in [0.15, 0.2) is 41.0 Å². The van der Waals surface area contributed by atoms with E-state index in [2.05, 4.69) is 0 Å². The second kappa shape index (κ2) is 7.70. The van der Waals surface area contributed by atoms with E-state index >= 15 is 0 Å². The summed E-state index contributed by atoms with van der Waals surface area (Å²) in [7, 11) is 0. The third kappa shape index (κ3) is 4.14. The smallest absolute Gasteiger partial charge is 0.335 e. The second-order valence-electron chi connectivity index (χ2n) is 4.44. The highest BCUT2D eigenvalue weighted by atomic mass is 32.2. The SMILES string of the molecule is CCOc1ccc(C(=O)O)cc1C(=O)CSCc1ccco1. The molecule has 0 aliphatic heterocycles. The van der Waals surface area contributed by atoms with Gasteiger partial charge in [-0.25, -0.2) is 4.79 Å². The Bertz CT molecular complexity index is 649. The van der Waals surface area contributed by atoms with Crippen LogP contribution < -0.4 is 4.74 Å². The van der Waals surface area contributed by atoms with Crippen LogP contribution in [0, 0.1) is 0 Å². The van der Waals surface area contributed by atoms with Crippen molar-refractivity contribution in [3.05, 3.63) is 53.5 Å². The Morgan fingerprint density at radius 2 is 2.14 bits per heavy atom. The number of carbonyl (C=O) groups excluding carboxylic acids is 1. The van der Waals surface area contributed by atoms with Crippen LogP contribution in [-0.2, 0) is 5.75 Å². The Morgan fingerprint density at radius 1 is 1.32 bits per heavy atom. The van der Waals surface area contributed by atoms with Gasteiger partial charge in [0.15, 0.2) is 5.78 Å². The van der Waals surface area contributed by atoms with Crippen molar-refractivity contribution < 1.29 is 23.8 Å². The monoisotopic (exact) mass is 320 g/mol. The summed E-state index contributed by atoms with van der Waals surface area (Å²) < 4.78 is 10.6. The second-order valence-corrected chi connectivity index (χ2v) is 5.43. The van der Waals surface area contributed by atoms with Gasteiger partial charge < -0.3 is 14.3 Å². The number of carboxylic acids is 1. The number of benzene rings is 1. The Hall–Kier alpha value is -2.21. The first-order valence-corrected chi connectivity index (χ1v) is 7.90. The highest BCUT2D eigenvalue weighted by Crippen LogP contribution is 2.23. The van der Waals surface area contributed by atoms with Crippen LogP contribution in [0.5, 0.6) is 5.75 Å². The van der Waals surface area contributed by atoms with E-state index < -0.39 is 5.97 Å². The van der Waals surface area contributed by atoms with E-state index in [9.17, 15) is 9.59 Å². The maximum absolute atomic E-state index is 12.3. The fourth-order valence-electron chi connectivity index (χ4n) is 1.88. The van der Waals surface area contributed by atoms with Crippen LogP contribution in [0.25, 0.3) is 0 Å². The molecular weight excluding hydrogens is 304 g/mol. The normalized spacial score (nSPS) is 10.4. The molecule has 1 aromatic carbocycles. The van der Waals surface area contributed by atoms with E-state index in [1.54, 1.807) is 12.3 Å². The summed E-state index contributed by atoms with van der Waals surface area (Å²) in [5.74, 6) is 0.784. The number of ketones is 1. The Balaban J connectivity index is 2.08. The van der Waals surface area contributed by atoms with E-state index in [0.29, 0.717) is 23.7 Å². The Morgan fingerprint density at radius 3 is 2.77 bits per heavy atom. The fraction of sp³-hybridized carbons (Fsp3) is 0.250. The van der Waals surface area contributed by atoms with Gasteiger partial charge in [0.2, 0.25) is 0 Å². The quantitative estimate of drug-likeness (QED) is 0.750. The first kappa shape index (κ1) is 16.2. The van der Waals surface area contributed by atoms with Crippen LogP contribution in [-0.4, -0.2) is 29.2 Å². The average molecular weight is 320 g/mol. The average Bonchev–Trinajstić information content (AvgIpc) is 3.01. The van der Waals surface area contributed by atoms with Gasteiger partial charge in [0.25, 0.3) is 0 Å². The number of hydrogen-bond acceptors (Lipinski definition) is 5. The topological polar surface area (TPSA) is 76.7 Å². The molecule has 0 aliphatic rings. The number of ether oxygens (including phenoxy) is 1. The first-order chi connectivity index (χ1) is 10.6. The number of thioether (sulfide) groups is 1. The number of aromatic carboxylic acids is 1. The summed E-state index contributed by atoms with van der Waals surface area (Å²) in [5.41, 5.74) is 0.372.